The van der Waals surface area contributed by atoms with Crippen molar-refractivity contribution in [3.63, 3.8) is 0 Å². The van der Waals surface area contributed by atoms with Gasteiger partial charge in [0.25, 0.3) is 0 Å². The average Bonchev–Trinajstić information content (AvgIpc) is 4.03. The van der Waals surface area contributed by atoms with Gasteiger partial charge < -0.3 is 15.1 Å². The molecule has 0 saturated carbocycles. The van der Waals surface area contributed by atoms with Crippen LogP contribution in [0.15, 0.2) is 188 Å². The monoisotopic (exact) mass is 631 g/mol. The minimum atomic E-state index is 0.503. The fourth-order valence-corrected chi connectivity index (χ4v) is 6.29. The van der Waals surface area contributed by atoms with Gasteiger partial charge in [-0.3, -0.25) is 0 Å². The van der Waals surface area contributed by atoms with E-state index in [1.165, 1.54) is 22.3 Å². The molecule has 236 valence electrons. The third-order valence-corrected chi connectivity index (χ3v) is 8.99. The van der Waals surface area contributed by atoms with Gasteiger partial charge in [0, 0.05) is 46.7 Å². The van der Waals surface area contributed by atoms with E-state index in [0.29, 0.717) is 6.04 Å². The lowest BCUT2D eigenvalue weighted by Crippen LogP contribution is -2.09. The Bertz CT molecular complexity index is 2080. The molecule has 49 heavy (non-hydrogen) atoms. The number of hydrogen-bond acceptors (Lipinski definition) is 3. The van der Waals surface area contributed by atoms with Crippen LogP contribution in [0.4, 0.5) is 34.1 Å². The quantitative estimate of drug-likeness (QED) is 0.120. The number of nitrogens with zero attached hydrogens (tertiary/aromatic N) is 2. The first-order chi connectivity index (χ1) is 24.3. The standard InChI is InChI=1S/C46H37N3/c1-4-10-40(11-5-1)48(41-12-6-2-7-13-41)43-28-20-36(21-29-43)17-16-35-18-22-37(23-19-35)38-24-30-44(31-25-38)49(42-14-8-3-9-15-42)45-32-26-39(27-33-45)46-34-47-46/h1-33,46-47H,34H2/b17-16+. The Hall–Kier alpha value is -6.16. The number of anilines is 6. The Morgan fingerprint density at radius 1 is 0.367 bits per heavy atom. The molecular formula is C46H37N3. The van der Waals surface area contributed by atoms with Crippen LogP contribution in [0.5, 0.6) is 0 Å². The Balaban J connectivity index is 0.974. The van der Waals surface area contributed by atoms with E-state index >= 15 is 0 Å². The fourth-order valence-electron chi connectivity index (χ4n) is 6.29. The summed E-state index contributed by atoms with van der Waals surface area (Å²) in [6.07, 6.45) is 4.35. The van der Waals surface area contributed by atoms with Gasteiger partial charge >= 0.3 is 0 Å². The van der Waals surface area contributed by atoms with Gasteiger partial charge in [0.1, 0.15) is 0 Å². The molecule has 1 fully saturated rings. The molecule has 3 nitrogen and oxygen atoms in total. The molecule has 1 aliphatic heterocycles. The van der Waals surface area contributed by atoms with E-state index in [-0.39, 0.29) is 0 Å². The third-order valence-electron chi connectivity index (χ3n) is 8.99. The van der Waals surface area contributed by atoms with Gasteiger partial charge in [-0.2, -0.15) is 0 Å². The number of nitrogens with one attached hydrogen (secondary N) is 1. The Labute approximate surface area is 289 Å². The molecule has 1 heterocycles. The van der Waals surface area contributed by atoms with E-state index in [2.05, 4.69) is 215 Å². The molecular weight excluding hydrogens is 595 g/mol. The van der Waals surface area contributed by atoms with E-state index in [0.717, 1.165) is 46.2 Å². The highest BCUT2D eigenvalue weighted by Crippen LogP contribution is 2.37. The van der Waals surface area contributed by atoms with Crippen LogP contribution in [0.3, 0.4) is 0 Å². The van der Waals surface area contributed by atoms with Crippen molar-refractivity contribution in [2.75, 3.05) is 16.3 Å². The molecule has 1 aliphatic rings. The van der Waals surface area contributed by atoms with Crippen LogP contribution in [0, 0.1) is 0 Å². The van der Waals surface area contributed by atoms with Crippen molar-refractivity contribution in [3.8, 4) is 11.1 Å². The van der Waals surface area contributed by atoms with Gasteiger partial charge in [0.2, 0.25) is 0 Å². The summed E-state index contributed by atoms with van der Waals surface area (Å²) < 4.78 is 0. The van der Waals surface area contributed by atoms with E-state index < -0.39 is 0 Å². The van der Waals surface area contributed by atoms with Crippen LogP contribution in [0.2, 0.25) is 0 Å². The van der Waals surface area contributed by atoms with Gasteiger partial charge in [0.15, 0.2) is 0 Å². The maximum atomic E-state index is 3.40. The second-order valence-corrected chi connectivity index (χ2v) is 12.3. The van der Waals surface area contributed by atoms with Crippen LogP contribution in [0.25, 0.3) is 23.3 Å². The summed E-state index contributed by atoms with van der Waals surface area (Å²) in [4.78, 5) is 4.59. The van der Waals surface area contributed by atoms with Crippen LogP contribution < -0.4 is 15.1 Å². The molecule has 0 bridgehead atoms. The highest BCUT2D eigenvalue weighted by atomic mass is 15.1. The molecule has 1 saturated heterocycles. The first-order valence-electron chi connectivity index (χ1n) is 16.9. The third kappa shape index (κ3) is 6.94. The summed E-state index contributed by atoms with van der Waals surface area (Å²) >= 11 is 0. The lowest BCUT2D eigenvalue weighted by molar-refractivity contribution is 1.08. The largest absolute Gasteiger partial charge is 0.311 e. The van der Waals surface area contributed by atoms with Gasteiger partial charge in [-0.1, -0.05) is 127 Å². The van der Waals surface area contributed by atoms with E-state index in [1.54, 1.807) is 0 Å². The Morgan fingerprint density at radius 2 is 0.673 bits per heavy atom. The molecule has 0 spiro atoms. The second kappa shape index (κ2) is 13.9. The first kappa shape index (κ1) is 30.2. The van der Waals surface area contributed by atoms with Crippen molar-refractivity contribution < 1.29 is 0 Å². The molecule has 1 N–H and O–H groups in total. The van der Waals surface area contributed by atoms with Gasteiger partial charge in [-0.15, -0.1) is 0 Å². The summed E-state index contributed by atoms with van der Waals surface area (Å²) in [5.41, 5.74) is 12.9. The van der Waals surface area contributed by atoms with E-state index in [1.807, 2.05) is 0 Å². The molecule has 0 amide bonds. The molecule has 0 radical (unpaired) electrons. The van der Waals surface area contributed by atoms with Gasteiger partial charge in [0.05, 0.1) is 0 Å². The van der Waals surface area contributed by atoms with Crippen molar-refractivity contribution in [1.82, 2.24) is 5.32 Å². The summed E-state index contributed by atoms with van der Waals surface area (Å²) in [6, 6.07) is 67.4. The van der Waals surface area contributed by atoms with Crippen LogP contribution in [0.1, 0.15) is 22.7 Å². The lowest BCUT2D eigenvalue weighted by atomic mass is 10.0. The van der Waals surface area contributed by atoms with E-state index in [4.69, 9.17) is 0 Å². The van der Waals surface area contributed by atoms with Crippen molar-refractivity contribution >= 4 is 46.3 Å². The molecule has 0 aliphatic carbocycles. The molecule has 7 aromatic rings. The first-order valence-corrected chi connectivity index (χ1v) is 16.9. The maximum absolute atomic E-state index is 3.40. The smallest absolute Gasteiger partial charge is 0.0462 e. The Kier molecular flexibility index (Phi) is 8.57. The summed E-state index contributed by atoms with van der Waals surface area (Å²) in [5, 5.41) is 3.40. The average molecular weight is 632 g/mol. The molecule has 3 heteroatoms. The van der Waals surface area contributed by atoms with Gasteiger partial charge in [-0.25, -0.2) is 0 Å². The molecule has 7 aromatic carbocycles. The minimum Gasteiger partial charge on any atom is -0.311 e. The van der Waals surface area contributed by atoms with E-state index in [9.17, 15) is 0 Å². The normalized spacial score (nSPS) is 13.7. The number of benzene rings is 7. The second-order valence-electron chi connectivity index (χ2n) is 12.3. The topological polar surface area (TPSA) is 28.4 Å². The minimum absolute atomic E-state index is 0.503. The molecule has 1 atom stereocenters. The molecule has 0 aromatic heterocycles. The number of hydrogen-bond donors (Lipinski definition) is 1. The van der Waals surface area contributed by atoms with Crippen LogP contribution in [-0.2, 0) is 0 Å². The zero-order valence-electron chi connectivity index (χ0n) is 27.2. The van der Waals surface area contributed by atoms with Crippen molar-refractivity contribution in [3.05, 3.63) is 205 Å². The van der Waals surface area contributed by atoms with Crippen LogP contribution in [-0.4, -0.2) is 6.54 Å². The van der Waals surface area contributed by atoms with Crippen molar-refractivity contribution in [1.29, 1.82) is 0 Å². The Morgan fingerprint density at radius 3 is 1.06 bits per heavy atom. The molecule has 8 rings (SSSR count). The lowest BCUT2D eigenvalue weighted by Gasteiger charge is -2.26. The van der Waals surface area contributed by atoms with Gasteiger partial charge in [-0.05, 0) is 101 Å². The zero-order valence-corrected chi connectivity index (χ0v) is 27.2. The highest BCUT2D eigenvalue weighted by molar-refractivity contribution is 5.80. The van der Waals surface area contributed by atoms with Crippen LogP contribution >= 0.6 is 0 Å². The van der Waals surface area contributed by atoms with Crippen molar-refractivity contribution in [2.45, 2.75) is 6.04 Å². The van der Waals surface area contributed by atoms with Crippen molar-refractivity contribution in [2.24, 2.45) is 0 Å². The predicted octanol–water partition coefficient (Wildman–Crippen LogP) is 12.1. The predicted molar refractivity (Wildman–Crippen MR) is 207 cm³/mol. The fraction of sp³-hybridized carbons (Fsp3) is 0.0435. The zero-order chi connectivity index (χ0) is 32.8. The molecule has 1 unspecified atom stereocenters. The SMILES string of the molecule is C(=C\c1ccc(N(c2ccccc2)c2ccccc2)cc1)/c1ccc(-c2ccc(N(c3ccccc3)c3ccc(C4CN4)cc3)cc2)cc1. The number of rotatable bonds is 10. The highest BCUT2D eigenvalue weighted by Gasteiger charge is 2.22. The number of para-hydroxylation sites is 3. The maximum Gasteiger partial charge on any atom is 0.0462 e. The summed E-state index contributed by atoms with van der Waals surface area (Å²) in [6.45, 7) is 1.07. The summed E-state index contributed by atoms with van der Waals surface area (Å²) in [5.74, 6) is 0. The summed E-state index contributed by atoms with van der Waals surface area (Å²) in [7, 11) is 0.